The van der Waals surface area contributed by atoms with E-state index in [1.54, 1.807) is 12.3 Å². The lowest BCUT2D eigenvalue weighted by Gasteiger charge is -2.28. The van der Waals surface area contributed by atoms with Gasteiger partial charge >= 0.3 is 0 Å². The number of nitrogens with two attached hydrogens (primary N) is 1. The van der Waals surface area contributed by atoms with Crippen LogP contribution in [-0.2, 0) is 6.42 Å². The summed E-state index contributed by atoms with van der Waals surface area (Å²) in [4.78, 5) is 21.8. The molecule has 0 unspecified atom stereocenters. The molecule has 1 amide bonds. The van der Waals surface area contributed by atoms with Crippen molar-refractivity contribution in [2.75, 3.05) is 44.4 Å². The largest absolute Gasteiger partial charge is 0.381 e. The van der Waals surface area contributed by atoms with Crippen molar-refractivity contribution in [2.45, 2.75) is 38.6 Å². The van der Waals surface area contributed by atoms with E-state index in [1.807, 2.05) is 31.1 Å². The number of halogens is 1. The van der Waals surface area contributed by atoms with E-state index in [0.29, 0.717) is 18.7 Å². The van der Waals surface area contributed by atoms with E-state index >= 15 is 0 Å². The minimum absolute atomic E-state index is 0.0369. The molecule has 0 radical (unpaired) electrons. The molecule has 4 rings (SSSR count). The Morgan fingerprint density at radius 1 is 1.33 bits per heavy atom. The third-order valence-electron chi connectivity index (χ3n) is 6.10. The second-order valence-electron chi connectivity index (χ2n) is 8.82. The van der Waals surface area contributed by atoms with Gasteiger partial charge in [-0.3, -0.25) is 4.79 Å². The van der Waals surface area contributed by atoms with Gasteiger partial charge in [0, 0.05) is 25.8 Å². The highest BCUT2D eigenvalue weighted by Gasteiger charge is 2.30. The molecule has 33 heavy (non-hydrogen) atoms. The van der Waals surface area contributed by atoms with Crippen molar-refractivity contribution in [1.82, 2.24) is 24.8 Å². The second kappa shape index (κ2) is 9.74. The summed E-state index contributed by atoms with van der Waals surface area (Å²) >= 11 is 0. The second-order valence-corrected chi connectivity index (χ2v) is 8.82. The van der Waals surface area contributed by atoms with Crippen LogP contribution in [0.4, 0.5) is 16.0 Å². The van der Waals surface area contributed by atoms with Gasteiger partial charge < -0.3 is 20.9 Å². The number of carbonyl (C=O) groups excluding carboxylic acids is 1. The number of carbonyl (C=O) groups is 1. The number of nitrogens with zero attached hydrogens (tertiary/aromatic N) is 5. The Hall–Kier alpha value is -3.20. The topological polar surface area (TPSA) is 91.8 Å². The van der Waals surface area contributed by atoms with Crippen LogP contribution in [0.25, 0.3) is 5.65 Å². The van der Waals surface area contributed by atoms with Gasteiger partial charge in [-0.15, -0.1) is 5.10 Å². The summed E-state index contributed by atoms with van der Waals surface area (Å²) in [7, 11) is 3.89. The minimum Gasteiger partial charge on any atom is -0.381 e. The van der Waals surface area contributed by atoms with Gasteiger partial charge in [-0.05, 0) is 62.7 Å². The van der Waals surface area contributed by atoms with Crippen molar-refractivity contribution in [3.8, 4) is 0 Å². The van der Waals surface area contributed by atoms with Crippen molar-refractivity contribution < 1.29 is 9.18 Å². The Labute approximate surface area is 193 Å². The summed E-state index contributed by atoms with van der Waals surface area (Å²) in [5, 5.41) is 7.16. The number of aromatic nitrogens is 3. The molecular weight excluding hydrogens is 421 g/mol. The third kappa shape index (κ3) is 4.78. The number of likely N-dealkylation sites (N-methyl/N-ethyl adjacent to an activating group) is 1. The predicted octanol–water partition coefficient (Wildman–Crippen LogP) is 3.04. The standard InChI is InChI=1S/C24H32FN7O/c1-4-6-16-8-9-17(25)15-18(16)19-7-5-12-31(19)20-10-13-32-23(28-20)21(22(26)29-32)24(33)27-11-14-30(2)3/h8-10,13,15,19H,4-7,11-12,14H2,1-3H3,(H2,26,29)(H,27,33)/t19-/m1/s1. The van der Waals surface area contributed by atoms with Crippen molar-refractivity contribution in [2.24, 2.45) is 0 Å². The summed E-state index contributed by atoms with van der Waals surface area (Å²) in [6.07, 6.45) is 5.59. The summed E-state index contributed by atoms with van der Waals surface area (Å²) in [5.41, 5.74) is 8.97. The van der Waals surface area contributed by atoms with Crippen LogP contribution in [0.3, 0.4) is 0 Å². The van der Waals surface area contributed by atoms with Crippen molar-refractivity contribution >= 4 is 23.2 Å². The molecule has 3 N–H and O–H groups in total. The number of hydrogen-bond acceptors (Lipinski definition) is 6. The molecule has 0 bridgehead atoms. The summed E-state index contributed by atoms with van der Waals surface area (Å²) in [6.45, 7) is 4.15. The van der Waals surface area contributed by atoms with Gasteiger partial charge in [0.15, 0.2) is 11.5 Å². The van der Waals surface area contributed by atoms with Gasteiger partial charge in [0.1, 0.15) is 17.2 Å². The summed E-state index contributed by atoms with van der Waals surface area (Å²) in [6, 6.07) is 7.01. The Balaban J connectivity index is 1.67. The van der Waals surface area contributed by atoms with E-state index in [9.17, 15) is 9.18 Å². The molecule has 3 heterocycles. The molecule has 2 aromatic heterocycles. The average molecular weight is 454 g/mol. The fourth-order valence-electron chi connectivity index (χ4n) is 4.53. The lowest BCUT2D eigenvalue weighted by Crippen LogP contribution is -2.31. The predicted molar refractivity (Wildman–Crippen MR) is 128 cm³/mol. The number of rotatable bonds is 8. The fraction of sp³-hybridized carbons (Fsp3) is 0.458. The Morgan fingerprint density at radius 2 is 2.15 bits per heavy atom. The smallest absolute Gasteiger partial charge is 0.259 e. The maximum atomic E-state index is 14.2. The molecule has 0 aliphatic carbocycles. The highest BCUT2D eigenvalue weighted by Crippen LogP contribution is 2.37. The van der Waals surface area contributed by atoms with Crippen LogP contribution in [0.15, 0.2) is 30.5 Å². The number of amides is 1. The SMILES string of the molecule is CCCc1ccc(F)cc1[C@H]1CCCN1c1ccn2nc(N)c(C(=O)NCCN(C)C)c2n1. The molecule has 1 fully saturated rings. The van der Waals surface area contributed by atoms with Gasteiger partial charge in [0.2, 0.25) is 0 Å². The van der Waals surface area contributed by atoms with Gasteiger partial charge in [-0.25, -0.2) is 13.9 Å². The molecular formula is C24H32FN7O. The first-order valence-electron chi connectivity index (χ1n) is 11.5. The zero-order chi connectivity index (χ0) is 23.5. The van der Waals surface area contributed by atoms with Crippen LogP contribution in [-0.4, -0.2) is 59.1 Å². The molecule has 1 saturated heterocycles. The van der Waals surface area contributed by atoms with E-state index in [-0.39, 0.29) is 29.1 Å². The van der Waals surface area contributed by atoms with Crippen molar-refractivity contribution in [1.29, 1.82) is 0 Å². The molecule has 1 atom stereocenters. The van der Waals surface area contributed by atoms with Crippen LogP contribution in [0, 0.1) is 5.82 Å². The molecule has 8 nitrogen and oxygen atoms in total. The maximum Gasteiger partial charge on any atom is 0.259 e. The molecule has 3 aromatic rings. The van der Waals surface area contributed by atoms with Crippen molar-refractivity contribution in [3.63, 3.8) is 0 Å². The summed E-state index contributed by atoms with van der Waals surface area (Å²) < 4.78 is 15.7. The first-order chi connectivity index (χ1) is 15.9. The molecule has 176 valence electrons. The molecule has 9 heteroatoms. The molecule has 1 aliphatic heterocycles. The monoisotopic (exact) mass is 453 g/mol. The number of nitrogen functional groups attached to an aromatic ring is 1. The lowest BCUT2D eigenvalue weighted by molar-refractivity contribution is 0.0953. The van der Waals surface area contributed by atoms with E-state index < -0.39 is 0 Å². The minimum atomic E-state index is -0.290. The number of fused-ring (bicyclic) bond motifs is 1. The molecule has 0 spiro atoms. The average Bonchev–Trinajstić information content (AvgIpc) is 3.38. The Bertz CT molecular complexity index is 1140. The van der Waals surface area contributed by atoms with Gasteiger partial charge in [0.25, 0.3) is 5.91 Å². The first-order valence-corrected chi connectivity index (χ1v) is 11.5. The van der Waals surface area contributed by atoms with E-state index in [4.69, 9.17) is 10.7 Å². The van der Waals surface area contributed by atoms with Crippen LogP contribution in [0.2, 0.25) is 0 Å². The summed E-state index contributed by atoms with van der Waals surface area (Å²) in [5.74, 6) is 0.372. The number of anilines is 2. The van der Waals surface area contributed by atoms with E-state index in [0.717, 1.165) is 43.6 Å². The van der Waals surface area contributed by atoms with Crippen LogP contribution < -0.4 is 16.0 Å². The number of aryl methyl sites for hydroxylation is 1. The zero-order valence-corrected chi connectivity index (χ0v) is 19.5. The fourth-order valence-corrected chi connectivity index (χ4v) is 4.53. The zero-order valence-electron chi connectivity index (χ0n) is 19.5. The number of nitrogens with one attached hydrogen (secondary N) is 1. The highest BCUT2D eigenvalue weighted by molar-refractivity contribution is 6.04. The van der Waals surface area contributed by atoms with Crippen LogP contribution in [0.1, 0.15) is 53.7 Å². The Morgan fingerprint density at radius 3 is 2.91 bits per heavy atom. The third-order valence-corrected chi connectivity index (χ3v) is 6.10. The van der Waals surface area contributed by atoms with Crippen LogP contribution >= 0.6 is 0 Å². The molecule has 1 aliphatic rings. The number of hydrogen-bond donors (Lipinski definition) is 2. The maximum absolute atomic E-state index is 14.2. The van der Waals surface area contributed by atoms with E-state index in [2.05, 4.69) is 22.2 Å². The van der Waals surface area contributed by atoms with Crippen molar-refractivity contribution in [3.05, 3.63) is 53.0 Å². The Kier molecular flexibility index (Phi) is 6.78. The quantitative estimate of drug-likeness (QED) is 0.545. The number of benzene rings is 1. The van der Waals surface area contributed by atoms with E-state index in [1.165, 1.54) is 16.1 Å². The molecule has 1 aromatic carbocycles. The van der Waals surface area contributed by atoms with Gasteiger partial charge in [-0.1, -0.05) is 19.4 Å². The normalized spacial score (nSPS) is 16.2. The van der Waals surface area contributed by atoms with Gasteiger partial charge in [0.05, 0.1) is 6.04 Å². The molecule has 0 saturated carbocycles. The lowest BCUT2D eigenvalue weighted by atomic mass is 9.95. The van der Waals surface area contributed by atoms with Crippen LogP contribution in [0.5, 0.6) is 0 Å². The highest BCUT2D eigenvalue weighted by atomic mass is 19.1. The first kappa shape index (κ1) is 23.0. The van der Waals surface area contributed by atoms with Gasteiger partial charge in [-0.2, -0.15) is 0 Å².